The Labute approximate surface area is 229 Å². The van der Waals surface area contributed by atoms with E-state index in [1.54, 1.807) is 50.0 Å². The molecule has 0 amide bonds. The summed E-state index contributed by atoms with van der Waals surface area (Å²) in [5.74, 6) is 1.88. The first kappa shape index (κ1) is 26.6. The van der Waals surface area contributed by atoms with Crippen molar-refractivity contribution >= 4 is 23.4 Å². The zero-order chi connectivity index (χ0) is 27.5. The summed E-state index contributed by atoms with van der Waals surface area (Å²) in [6.45, 7) is 4.93. The molecular weight excluding hydrogens is 520 g/mol. The van der Waals surface area contributed by atoms with Gasteiger partial charge in [-0.1, -0.05) is 30.7 Å². The highest BCUT2D eigenvalue weighted by Gasteiger charge is 2.36. The van der Waals surface area contributed by atoms with Gasteiger partial charge >= 0.3 is 5.97 Å². The molecule has 0 bridgehead atoms. The van der Waals surface area contributed by atoms with Gasteiger partial charge in [-0.2, -0.15) is 0 Å². The number of thiazole rings is 1. The van der Waals surface area contributed by atoms with Crippen LogP contribution in [0.2, 0.25) is 0 Å². The summed E-state index contributed by atoms with van der Waals surface area (Å²) < 4.78 is 30.0. The Hall–Kier alpha value is -4.05. The minimum atomic E-state index is -0.811. The van der Waals surface area contributed by atoms with Crippen LogP contribution in [-0.2, 0) is 9.53 Å². The number of aromatic nitrogens is 1. The van der Waals surface area contributed by atoms with Crippen LogP contribution >= 0.6 is 11.3 Å². The van der Waals surface area contributed by atoms with Gasteiger partial charge in [0.05, 0.1) is 36.6 Å². The molecule has 2 aromatic carbocycles. The summed E-state index contributed by atoms with van der Waals surface area (Å²) in [4.78, 5) is 32.7. The topological polar surface area (TPSA) is 97.6 Å². The van der Waals surface area contributed by atoms with Crippen molar-refractivity contribution in [2.45, 2.75) is 32.7 Å². The molecule has 0 spiro atoms. The Morgan fingerprint density at radius 1 is 1.10 bits per heavy atom. The lowest BCUT2D eigenvalue weighted by molar-refractivity contribution is -0.139. The van der Waals surface area contributed by atoms with Crippen LogP contribution in [0.3, 0.4) is 0 Å². The van der Waals surface area contributed by atoms with E-state index in [0.717, 1.165) is 12.0 Å². The number of esters is 1. The molecule has 204 valence electrons. The summed E-state index contributed by atoms with van der Waals surface area (Å²) in [5.41, 5.74) is 2.04. The molecule has 0 radical (unpaired) electrons. The van der Waals surface area contributed by atoms with E-state index in [2.05, 4.69) is 0 Å². The van der Waals surface area contributed by atoms with Crippen molar-refractivity contribution in [2.75, 3.05) is 34.0 Å². The van der Waals surface area contributed by atoms with E-state index in [1.807, 2.05) is 25.1 Å². The van der Waals surface area contributed by atoms with Gasteiger partial charge in [0.1, 0.15) is 30.8 Å². The maximum Gasteiger partial charge on any atom is 0.338 e. The van der Waals surface area contributed by atoms with E-state index in [9.17, 15) is 9.59 Å². The van der Waals surface area contributed by atoms with Gasteiger partial charge in [0.25, 0.3) is 5.56 Å². The van der Waals surface area contributed by atoms with Crippen LogP contribution in [0.5, 0.6) is 23.0 Å². The normalized spacial score (nSPS) is 16.4. The predicted octanol–water partition coefficient (Wildman–Crippen LogP) is 3.37. The zero-order valence-electron chi connectivity index (χ0n) is 22.3. The van der Waals surface area contributed by atoms with Gasteiger partial charge in [-0.25, -0.2) is 9.79 Å². The molecule has 0 saturated carbocycles. The Balaban J connectivity index is 1.76. The Morgan fingerprint density at radius 2 is 1.90 bits per heavy atom. The molecule has 2 aliphatic heterocycles. The maximum absolute atomic E-state index is 14.0. The molecule has 0 unspecified atom stereocenters. The van der Waals surface area contributed by atoms with Crippen molar-refractivity contribution in [3.63, 3.8) is 0 Å². The van der Waals surface area contributed by atoms with Gasteiger partial charge in [0.15, 0.2) is 16.3 Å². The van der Waals surface area contributed by atoms with Gasteiger partial charge in [0, 0.05) is 5.56 Å². The molecule has 1 aromatic heterocycles. The number of nitrogens with zero attached hydrogens (tertiary/aromatic N) is 2. The molecule has 1 atom stereocenters. The summed E-state index contributed by atoms with van der Waals surface area (Å²) in [6, 6.07) is 10.1. The number of rotatable bonds is 8. The van der Waals surface area contributed by atoms with Crippen LogP contribution in [0.15, 0.2) is 57.5 Å². The lowest BCUT2D eigenvalue weighted by Gasteiger charge is -2.27. The van der Waals surface area contributed by atoms with Crippen LogP contribution in [0.4, 0.5) is 0 Å². The van der Waals surface area contributed by atoms with Crippen LogP contribution in [0, 0.1) is 0 Å². The van der Waals surface area contributed by atoms with Crippen molar-refractivity contribution < 1.29 is 28.5 Å². The van der Waals surface area contributed by atoms with E-state index >= 15 is 0 Å². The molecule has 0 fully saturated rings. The molecular formula is C29H30N2O7S. The third-order valence-electron chi connectivity index (χ3n) is 6.49. The number of ether oxygens (including phenoxy) is 5. The monoisotopic (exact) mass is 550 g/mol. The highest BCUT2D eigenvalue weighted by Crippen LogP contribution is 2.39. The number of carbonyl (C=O) groups is 1. The van der Waals surface area contributed by atoms with E-state index < -0.39 is 12.0 Å². The van der Waals surface area contributed by atoms with Crippen molar-refractivity contribution in [1.82, 2.24) is 4.57 Å². The molecule has 10 heteroatoms. The molecule has 9 nitrogen and oxygen atoms in total. The largest absolute Gasteiger partial charge is 0.497 e. The highest BCUT2D eigenvalue weighted by atomic mass is 32.1. The second-order valence-electron chi connectivity index (χ2n) is 8.92. The van der Waals surface area contributed by atoms with Gasteiger partial charge in [0.2, 0.25) is 0 Å². The van der Waals surface area contributed by atoms with Gasteiger partial charge in [-0.15, -0.1) is 0 Å². The minimum absolute atomic E-state index is 0.193. The van der Waals surface area contributed by atoms with E-state index in [4.69, 9.17) is 28.7 Å². The first-order chi connectivity index (χ1) is 19.0. The number of fused-ring (bicyclic) bond motifs is 2. The van der Waals surface area contributed by atoms with Crippen LogP contribution in [0.1, 0.15) is 43.9 Å². The molecule has 3 heterocycles. The standard InChI is InChI=1S/C29H30N2O7S/c1-5-7-20-25(28(33)36-6-2)26(19-16-18(34-3)9-11-21(19)35-4)31-27(32)24(39-29(31)30-20)15-17-8-10-22-23(14-17)38-13-12-37-22/h8-11,14-16,26H,5-7,12-13H2,1-4H3/b24-15-/t26-/m0/s1. The van der Waals surface area contributed by atoms with Crippen LogP contribution < -0.4 is 33.8 Å². The maximum atomic E-state index is 14.0. The average Bonchev–Trinajstić information content (AvgIpc) is 3.26. The molecule has 0 saturated heterocycles. The van der Waals surface area contributed by atoms with E-state index in [0.29, 0.717) is 68.8 Å². The average molecular weight is 551 g/mol. The fourth-order valence-corrected chi connectivity index (χ4v) is 5.79. The third-order valence-corrected chi connectivity index (χ3v) is 7.47. The number of allylic oxidation sites excluding steroid dienone is 1. The zero-order valence-corrected chi connectivity index (χ0v) is 23.1. The number of benzene rings is 2. The molecule has 0 N–H and O–H groups in total. The summed E-state index contributed by atoms with van der Waals surface area (Å²) in [5, 5.41) is 0. The predicted molar refractivity (Wildman–Crippen MR) is 147 cm³/mol. The van der Waals surface area contributed by atoms with Crippen LogP contribution in [-0.4, -0.2) is 44.6 Å². The lowest BCUT2D eigenvalue weighted by atomic mass is 9.93. The molecule has 39 heavy (non-hydrogen) atoms. The van der Waals surface area contributed by atoms with Crippen LogP contribution in [0.25, 0.3) is 6.08 Å². The van der Waals surface area contributed by atoms with Crippen molar-refractivity contribution in [3.8, 4) is 23.0 Å². The van der Waals surface area contributed by atoms with Crippen molar-refractivity contribution in [3.05, 3.63) is 78.5 Å². The second-order valence-corrected chi connectivity index (χ2v) is 9.93. The molecule has 0 aliphatic carbocycles. The quantitative estimate of drug-likeness (QED) is 0.397. The number of hydrogen-bond donors (Lipinski definition) is 0. The van der Waals surface area contributed by atoms with Gasteiger partial charge < -0.3 is 23.7 Å². The highest BCUT2D eigenvalue weighted by molar-refractivity contribution is 7.07. The Kier molecular flexibility index (Phi) is 7.74. The first-order valence-corrected chi connectivity index (χ1v) is 13.6. The Bertz CT molecular complexity index is 1620. The lowest BCUT2D eigenvalue weighted by Crippen LogP contribution is -2.40. The van der Waals surface area contributed by atoms with Gasteiger partial charge in [-0.3, -0.25) is 9.36 Å². The van der Waals surface area contributed by atoms with Gasteiger partial charge in [-0.05, 0) is 55.3 Å². The van der Waals surface area contributed by atoms with E-state index in [1.165, 1.54) is 11.3 Å². The second kappa shape index (κ2) is 11.4. The Morgan fingerprint density at radius 3 is 2.62 bits per heavy atom. The molecule has 2 aliphatic rings. The summed E-state index contributed by atoms with van der Waals surface area (Å²) >= 11 is 1.27. The number of carbonyl (C=O) groups excluding carboxylic acids is 1. The third kappa shape index (κ3) is 5.04. The van der Waals surface area contributed by atoms with Crippen molar-refractivity contribution in [1.29, 1.82) is 0 Å². The van der Waals surface area contributed by atoms with E-state index in [-0.39, 0.29) is 12.2 Å². The van der Waals surface area contributed by atoms with Crippen molar-refractivity contribution in [2.24, 2.45) is 4.99 Å². The first-order valence-electron chi connectivity index (χ1n) is 12.8. The number of methoxy groups -OCH3 is 2. The fraction of sp³-hybridized carbons (Fsp3) is 0.345. The summed E-state index contributed by atoms with van der Waals surface area (Å²) in [7, 11) is 3.12. The summed E-state index contributed by atoms with van der Waals surface area (Å²) in [6.07, 6.45) is 3.11. The molecule has 5 rings (SSSR count). The minimum Gasteiger partial charge on any atom is -0.497 e. The number of hydrogen-bond acceptors (Lipinski definition) is 9. The SMILES string of the molecule is CCCC1=C(C(=O)OCC)[C@H](c2cc(OC)ccc2OC)n2c(s/c(=C\c3ccc4c(c3)OCCO4)c2=O)=N1. The smallest absolute Gasteiger partial charge is 0.338 e. The fourth-order valence-electron chi connectivity index (χ4n) is 4.77. The molecule has 3 aromatic rings.